The zero-order valence-corrected chi connectivity index (χ0v) is 12.7. The van der Waals surface area contributed by atoms with Crippen molar-refractivity contribution in [2.24, 2.45) is 0 Å². The standard InChI is InChI=1S/C12H16Cl2N2O.ClH/c1-16(2)7-3-6-15-12(17)10-5-4-9(13)8-11(10)14;/h4-5,8H,3,6-7H2,1-2H3,(H,15,17);1H. The Kier molecular flexibility index (Phi) is 8.36. The van der Waals surface area contributed by atoms with Crippen LogP contribution in [0, 0.1) is 0 Å². The van der Waals surface area contributed by atoms with Gasteiger partial charge in [0.2, 0.25) is 0 Å². The number of hydrogen-bond acceptors (Lipinski definition) is 2. The Morgan fingerprint density at radius 1 is 1.33 bits per heavy atom. The normalized spacial score (nSPS) is 10.1. The highest BCUT2D eigenvalue weighted by molar-refractivity contribution is 6.36. The second-order valence-electron chi connectivity index (χ2n) is 4.04. The minimum atomic E-state index is -0.162. The fourth-order valence-corrected chi connectivity index (χ4v) is 1.86. The molecule has 0 aliphatic carbocycles. The molecule has 1 rings (SSSR count). The molecule has 1 amide bonds. The minimum Gasteiger partial charge on any atom is -0.352 e. The molecule has 0 aromatic heterocycles. The predicted molar refractivity (Wildman–Crippen MR) is 79.2 cm³/mol. The van der Waals surface area contributed by atoms with E-state index in [2.05, 4.69) is 10.2 Å². The summed E-state index contributed by atoms with van der Waals surface area (Å²) in [5.74, 6) is -0.162. The summed E-state index contributed by atoms with van der Waals surface area (Å²) in [4.78, 5) is 13.8. The van der Waals surface area contributed by atoms with Crippen LogP contribution in [0.5, 0.6) is 0 Å². The quantitative estimate of drug-likeness (QED) is 0.848. The summed E-state index contributed by atoms with van der Waals surface area (Å²) < 4.78 is 0. The first-order chi connectivity index (χ1) is 8.00. The Hall–Kier alpha value is -0.480. The highest BCUT2D eigenvalue weighted by atomic mass is 35.5. The fourth-order valence-electron chi connectivity index (χ4n) is 1.37. The van der Waals surface area contributed by atoms with Gasteiger partial charge in [0.25, 0.3) is 5.91 Å². The third-order valence-corrected chi connectivity index (χ3v) is 2.79. The first-order valence-corrected chi connectivity index (χ1v) is 6.14. The van der Waals surface area contributed by atoms with E-state index in [0.717, 1.165) is 13.0 Å². The van der Waals surface area contributed by atoms with Gasteiger partial charge in [-0.3, -0.25) is 4.79 Å². The predicted octanol–water partition coefficient (Wildman–Crippen LogP) is 3.10. The van der Waals surface area contributed by atoms with Gasteiger partial charge in [-0.1, -0.05) is 23.2 Å². The molecule has 0 fully saturated rings. The summed E-state index contributed by atoms with van der Waals surface area (Å²) >= 11 is 11.7. The second kappa shape index (κ2) is 8.59. The van der Waals surface area contributed by atoms with E-state index >= 15 is 0 Å². The van der Waals surface area contributed by atoms with Gasteiger partial charge in [0.05, 0.1) is 10.6 Å². The lowest BCUT2D eigenvalue weighted by atomic mass is 10.2. The number of nitrogens with zero attached hydrogens (tertiary/aromatic N) is 1. The van der Waals surface area contributed by atoms with E-state index in [1.807, 2.05) is 14.1 Å². The lowest BCUT2D eigenvalue weighted by Crippen LogP contribution is -2.27. The van der Waals surface area contributed by atoms with Gasteiger partial charge >= 0.3 is 0 Å². The highest BCUT2D eigenvalue weighted by Crippen LogP contribution is 2.20. The molecule has 1 aromatic rings. The monoisotopic (exact) mass is 310 g/mol. The van der Waals surface area contributed by atoms with Gasteiger partial charge < -0.3 is 10.2 Å². The molecule has 0 atom stereocenters. The Morgan fingerprint density at radius 3 is 2.56 bits per heavy atom. The smallest absolute Gasteiger partial charge is 0.252 e. The number of amides is 1. The highest BCUT2D eigenvalue weighted by Gasteiger charge is 2.09. The maximum absolute atomic E-state index is 11.8. The topological polar surface area (TPSA) is 32.3 Å². The van der Waals surface area contributed by atoms with Crippen LogP contribution < -0.4 is 5.32 Å². The molecular formula is C12H17Cl3N2O. The lowest BCUT2D eigenvalue weighted by molar-refractivity contribution is 0.0952. The van der Waals surface area contributed by atoms with E-state index in [-0.39, 0.29) is 18.3 Å². The summed E-state index contributed by atoms with van der Waals surface area (Å²) in [6.45, 7) is 1.57. The Morgan fingerprint density at radius 2 is 2.00 bits per heavy atom. The minimum absolute atomic E-state index is 0. The molecule has 6 heteroatoms. The van der Waals surface area contributed by atoms with Crippen molar-refractivity contribution in [3.8, 4) is 0 Å². The van der Waals surface area contributed by atoms with Crippen LogP contribution in [-0.2, 0) is 0 Å². The van der Waals surface area contributed by atoms with Crippen LogP contribution in [0.1, 0.15) is 16.8 Å². The van der Waals surface area contributed by atoms with Crippen LogP contribution in [0.2, 0.25) is 10.0 Å². The van der Waals surface area contributed by atoms with Crippen LogP contribution in [0.3, 0.4) is 0 Å². The van der Waals surface area contributed by atoms with Crippen LogP contribution in [0.15, 0.2) is 18.2 Å². The molecule has 0 bridgehead atoms. The van der Waals surface area contributed by atoms with Crippen molar-refractivity contribution in [2.75, 3.05) is 27.2 Å². The second-order valence-corrected chi connectivity index (χ2v) is 4.88. The van der Waals surface area contributed by atoms with Crippen LogP contribution in [0.25, 0.3) is 0 Å². The summed E-state index contributed by atoms with van der Waals surface area (Å²) in [6.07, 6.45) is 0.907. The maximum Gasteiger partial charge on any atom is 0.252 e. The first kappa shape index (κ1) is 17.5. The Balaban J connectivity index is 0.00000289. The van der Waals surface area contributed by atoms with E-state index < -0.39 is 0 Å². The van der Waals surface area contributed by atoms with Gasteiger partial charge in [-0.25, -0.2) is 0 Å². The van der Waals surface area contributed by atoms with Crippen molar-refractivity contribution in [3.05, 3.63) is 33.8 Å². The van der Waals surface area contributed by atoms with Crippen LogP contribution in [-0.4, -0.2) is 38.0 Å². The first-order valence-electron chi connectivity index (χ1n) is 5.38. The third kappa shape index (κ3) is 5.91. The Bertz CT molecular complexity index is 397. The number of benzene rings is 1. The average Bonchev–Trinajstić information content (AvgIpc) is 2.23. The molecule has 0 radical (unpaired) electrons. The zero-order chi connectivity index (χ0) is 12.8. The molecule has 0 aliphatic rings. The van der Waals surface area contributed by atoms with E-state index in [1.165, 1.54) is 0 Å². The van der Waals surface area contributed by atoms with E-state index in [1.54, 1.807) is 18.2 Å². The van der Waals surface area contributed by atoms with Gasteiger partial charge in [-0.15, -0.1) is 12.4 Å². The fraction of sp³-hybridized carbons (Fsp3) is 0.417. The molecule has 0 heterocycles. The van der Waals surface area contributed by atoms with E-state index in [0.29, 0.717) is 22.2 Å². The molecule has 0 aliphatic heterocycles. The number of halogens is 3. The molecule has 0 spiro atoms. The number of nitrogens with one attached hydrogen (secondary N) is 1. The van der Waals surface area contributed by atoms with Crippen molar-refractivity contribution in [1.82, 2.24) is 10.2 Å². The van der Waals surface area contributed by atoms with E-state index in [9.17, 15) is 4.79 Å². The van der Waals surface area contributed by atoms with Gasteiger partial charge in [0, 0.05) is 11.6 Å². The lowest BCUT2D eigenvalue weighted by Gasteiger charge is -2.10. The van der Waals surface area contributed by atoms with E-state index in [4.69, 9.17) is 23.2 Å². The SMILES string of the molecule is CN(C)CCCNC(=O)c1ccc(Cl)cc1Cl.Cl. The van der Waals surface area contributed by atoms with Crippen molar-refractivity contribution < 1.29 is 4.79 Å². The number of hydrogen-bond donors (Lipinski definition) is 1. The van der Waals surface area contributed by atoms with Gasteiger partial charge in [0.15, 0.2) is 0 Å². The largest absolute Gasteiger partial charge is 0.352 e. The molecule has 18 heavy (non-hydrogen) atoms. The zero-order valence-electron chi connectivity index (χ0n) is 10.4. The van der Waals surface area contributed by atoms with Gasteiger partial charge in [-0.2, -0.15) is 0 Å². The number of carbonyl (C=O) groups is 1. The molecule has 0 unspecified atom stereocenters. The van der Waals surface area contributed by atoms with Gasteiger partial charge in [0.1, 0.15) is 0 Å². The molecular weight excluding hydrogens is 295 g/mol. The molecule has 0 saturated carbocycles. The molecule has 1 aromatic carbocycles. The van der Waals surface area contributed by atoms with Crippen LogP contribution in [0.4, 0.5) is 0 Å². The van der Waals surface area contributed by atoms with Crippen LogP contribution >= 0.6 is 35.6 Å². The van der Waals surface area contributed by atoms with Crippen molar-refractivity contribution >= 4 is 41.5 Å². The summed E-state index contributed by atoms with van der Waals surface area (Å²) in [5.41, 5.74) is 0.459. The van der Waals surface area contributed by atoms with Crippen molar-refractivity contribution in [2.45, 2.75) is 6.42 Å². The average molecular weight is 312 g/mol. The van der Waals surface area contributed by atoms with Gasteiger partial charge in [-0.05, 0) is 45.3 Å². The maximum atomic E-state index is 11.8. The summed E-state index contributed by atoms with van der Waals surface area (Å²) in [6, 6.07) is 4.85. The number of rotatable bonds is 5. The Labute approximate surface area is 124 Å². The molecule has 0 saturated heterocycles. The third-order valence-electron chi connectivity index (χ3n) is 2.24. The molecule has 1 N–H and O–H groups in total. The van der Waals surface area contributed by atoms with Crippen molar-refractivity contribution in [1.29, 1.82) is 0 Å². The molecule has 102 valence electrons. The molecule has 3 nitrogen and oxygen atoms in total. The summed E-state index contributed by atoms with van der Waals surface area (Å²) in [7, 11) is 4.00. The number of carbonyl (C=O) groups excluding carboxylic acids is 1. The summed E-state index contributed by atoms with van der Waals surface area (Å²) in [5, 5.41) is 3.73. The van der Waals surface area contributed by atoms with Crippen molar-refractivity contribution in [3.63, 3.8) is 0 Å².